The number of nitrogens with one attached hydrogen (secondary N) is 1. The maximum Gasteiger partial charge on any atom is 0.265 e. The van der Waals surface area contributed by atoms with Crippen LogP contribution in [0.3, 0.4) is 0 Å². The number of hydrogen-bond acceptors (Lipinski definition) is 4. The molecule has 1 N–H and O–H groups in total. The average Bonchev–Trinajstić information content (AvgIpc) is 3.18. The third-order valence-corrected chi connectivity index (χ3v) is 6.15. The summed E-state index contributed by atoms with van der Waals surface area (Å²) in [6.45, 7) is 4.72. The van der Waals surface area contributed by atoms with Gasteiger partial charge in [0, 0.05) is 30.7 Å². The minimum Gasteiger partial charge on any atom is -0.351 e. The highest BCUT2D eigenvalue weighted by Gasteiger charge is 2.20. The summed E-state index contributed by atoms with van der Waals surface area (Å²) in [7, 11) is 0. The number of carbonyl (C=O) groups excluding carboxylic acids is 1. The molecule has 1 aliphatic rings. The highest BCUT2D eigenvalue weighted by atomic mass is 16.2. The molecule has 1 atom stereocenters. The lowest BCUT2D eigenvalue weighted by atomic mass is 10.1. The summed E-state index contributed by atoms with van der Waals surface area (Å²) < 4.78 is 1.47. The second kappa shape index (κ2) is 7.54. The van der Waals surface area contributed by atoms with Gasteiger partial charge >= 0.3 is 0 Å². The summed E-state index contributed by atoms with van der Waals surface area (Å²) in [5.74, 6) is -0.202. The number of carbonyl (C=O) groups is 1. The van der Waals surface area contributed by atoms with Gasteiger partial charge in [-0.15, -0.1) is 0 Å². The van der Waals surface area contributed by atoms with E-state index in [1.165, 1.54) is 17.2 Å². The molecule has 30 heavy (non-hydrogen) atoms. The fraction of sp³-hybridized carbons (Fsp3) is 0.292. The van der Waals surface area contributed by atoms with E-state index in [-0.39, 0.29) is 11.5 Å². The molecule has 6 heteroatoms. The molecule has 6 nitrogen and oxygen atoms in total. The molecule has 2 aromatic heterocycles. The molecule has 0 radical (unpaired) electrons. The first-order valence-corrected chi connectivity index (χ1v) is 10.5. The first-order valence-electron chi connectivity index (χ1n) is 10.5. The van der Waals surface area contributed by atoms with Gasteiger partial charge in [0.05, 0.1) is 16.5 Å². The molecule has 0 unspecified atom stereocenters. The van der Waals surface area contributed by atoms with Gasteiger partial charge in [-0.05, 0) is 49.9 Å². The van der Waals surface area contributed by atoms with E-state index in [4.69, 9.17) is 4.98 Å². The van der Waals surface area contributed by atoms with E-state index >= 15 is 0 Å². The summed E-state index contributed by atoms with van der Waals surface area (Å²) in [5.41, 5.74) is 1.27. The van der Waals surface area contributed by atoms with Gasteiger partial charge in [0.1, 0.15) is 0 Å². The summed E-state index contributed by atoms with van der Waals surface area (Å²) >= 11 is 0. The number of hydrogen-bond donors (Lipinski definition) is 1. The third-order valence-electron chi connectivity index (χ3n) is 6.15. The normalized spacial score (nSPS) is 17.2. The van der Waals surface area contributed by atoms with Crippen molar-refractivity contribution in [1.29, 1.82) is 0 Å². The van der Waals surface area contributed by atoms with E-state index in [9.17, 15) is 9.59 Å². The van der Waals surface area contributed by atoms with Crippen molar-refractivity contribution >= 4 is 33.2 Å². The number of pyridine rings is 1. The van der Waals surface area contributed by atoms with Gasteiger partial charge in [0.25, 0.3) is 11.5 Å². The number of fused-ring (bicyclic) bond motifs is 4. The summed E-state index contributed by atoms with van der Waals surface area (Å²) in [4.78, 5) is 33.2. The fourth-order valence-corrected chi connectivity index (χ4v) is 4.47. The average molecular weight is 400 g/mol. The van der Waals surface area contributed by atoms with E-state index < -0.39 is 0 Å². The van der Waals surface area contributed by atoms with Crippen molar-refractivity contribution in [1.82, 2.24) is 19.6 Å². The Morgan fingerprint density at radius 2 is 2.00 bits per heavy atom. The van der Waals surface area contributed by atoms with Crippen LogP contribution in [0.5, 0.6) is 0 Å². The van der Waals surface area contributed by atoms with Crippen LogP contribution in [0, 0.1) is 0 Å². The molecule has 152 valence electrons. The number of rotatable bonds is 4. The number of amides is 1. The van der Waals surface area contributed by atoms with Crippen molar-refractivity contribution in [2.75, 3.05) is 19.6 Å². The van der Waals surface area contributed by atoms with Crippen molar-refractivity contribution < 1.29 is 4.79 Å². The van der Waals surface area contributed by atoms with E-state index in [0.717, 1.165) is 23.9 Å². The van der Waals surface area contributed by atoms with Crippen molar-refractivity contribution in [3.05, 3.63) is 70.6 Å². The highest BCUT2D eigenvalue weighted by molar-refractivity contribution is 6.07. The zero-order valence-electron chi connectivity index (χ0n) is 17.0. The summed E-state index contributed by atoms with van der Waals surface area (Å²) in [5, 5.41) is 5.48. The maximum atomic E-state index is 13.1. The van der Waals surface area contributed by atoms with Crippen molar-refractivity contribution in [3.8, 4) is 0 Å². The van der Waals surface area contributed by atoms with E-state index in [2.05, 4.69) is 17.1 Å². The van der Waals surface area contributed by atoms with E-state index in [1.807, 2.05) is 36.4 Å². The van der Waals surface area contributed by atoms with Gasteiger partial charge in [-0.25, -0.2) is 4.98 Å². The Labute approximate surface area is 174 Å². The molecular formula is C24H24N4O2. The van der Waals surface area contributed by atoms with Gasteiger partial charge in [-0.3, -0.25) is 18.9 Å². The molecule has 1 fully saturated rings. The smallest absolute Gasteiger partial charge is 0.265 e. The molecule has 1 aliphatic heterocycles. The molecule has 2 aromatic carbocycles. The molecule has 0 aliphatic carbocycles. The molecule has 1 saturated heterocycles. The number of likely N-dealkylation sites (tertiary alicyclic amines) is 1. The van der Waals surface area contributed by atoms with Crippen molar-refractivity contribution in [2.24, 2.45) is 0 Å². The first kappa shape index (κ1) is 18.8. The highest BCUT2D eigenvalue weighted by Crippen LogP contribution is 2.23. The Balaban J connectivity index is 1.54. The second-order valence-corrected chi connectivity index (χ2v) is 8.00. The lowest BCUT2D eigenvalue weighted by Gasteiger charge is -2.20. The van der Waals surface area contributed by atoms with Crippen LogP contribution in [0.1, 0.15) is 30.1 Å². The largest absolute Gasteiger partial charge is 0.351 e. The van der Waals surface area contributed by atoms with E-state index in [0.29, 0.717) is 34.7 Å². The maximum absolute atomic E-state index is 13.1. The number of nitrogens with zero attached hydrogens (tertiary/aromatic N) is 3. The molecule has 1 amide bonds. The second-order valence-electron chi connectivity index (χ2n) is 8.00. The predicted molar refractivity (Wildman–Crippen MR) is 119 cm³/mol. The molecule has 0 bridgehead atoms. The minimum absolute atomic E-state index is 0.165. The minimum atomic E-state index is -0.202. The quantitative estimate of drug-likeness (QED) is 0.422. The van der Waals surface area contributed by atoms with Crippen LogP contribution in [0.2, 0.25) is 0 Å². The predicted octanol–water partition coefficient (Wildman–Crippen LogP) is 3.22. The number of aromatic nitrogens is 2. The number of benzene rings is 2. The lowest BCUT2D eigenvalue weighted by Crippen LogP contribution is -2.36. The molecule has 0 spiro atoms. The van der Waals surface area contributed by atoms with Crippen LogP contribution in [-0.2, 0) is 0 Å². The van der Waals surface area contributed by atoms with Crippen molar-refractivity contribution in [2.45, 2.75) is 25.8 Å². The molecular weight excluding hydrogens is 376 g/mol. The molecule has 5 rings (SSSR count). The zero-order chi connectivity index (χ0) is 20.7. The Morgan fingerprint density at radius 3 is 2.83 bits per heavy atom. The zero-order valence-corrected chi connectivity index (χ0v) is 17.0. The Kier molecular flexibility index (Phi) is 4.71. The molecule has 3 heterocycles. The Bertz CT molecular complexity index is 1330. The van der Waals surface area contributed by atoms with Crippen LogP contribution < -0.4 is 10.9 Å². The lowest BCUT2D eigenvalue weighted by molar-refractivity contribution is 0.0948. The van der Waals surface area contributed by atoms with Gasteiger partial charge in [0.15, 0.2) is 5.65 Å². The first-order chi connectivity index (χ1) is 14.6. The third kappa shape index (κ3) is 3.13. The standard InChI is InChI=1S/C24H24N4O2/c1-16-6-4-13-27(16)15-12-25-23(29)20-9-5-14-28-22(20)26-21-18-8-3-2-7-17(18)10-11-19(21)24(28)30/h2-3,5,7-11,14,16H,4,6,12-13,15H2,1H3,(H,25,29)/t16-/m1/s1. The molecule has 0 saturated carbocycles. The van der Waals surface area contributed by atoms with Crippen LogP contribution in [0.15, 0.2) is 59.5 Å². The summed E-state index contributed by atoms with van der Waals surface area (Å²) in [6, 6.07) is 15.6. The SMILES string of the molecule is C[C@@H]1CCCN1CCNC(=O)c1cccn2c(=O)c3ccc4ccccc4c3nc12. The monoisotopic (exact) mass is 400 g/mol. The Hall–Kier alpha value is -3.25. The van der Waals surface area contributed by atoms with Crippen molar-refractivity contribution in [3.63, 3.8) is 0 Å². The Morgan fingerprint density at radius 1 is 1.13 bits per heavy atom. The van der Waals surface area contributed by atoms with Gasteiger partial charge in [-0.2, -0.15) is 0 Å². The van der Waals surface area contributed by atoms with Crippen LogP contribution in [-0.4, -0.2) is 45.9 Å². The van der Waals surface area contributed by atoms with Crippen LogP contribution in [0.4, 0.5) is 0 Å². The van der Waals surface area contributed by atoms with Crippen LogP contribution >= 0.6 is 0 Å². The molecule has 4 aromatic rings. The van der Waals surface area contributed by atoms with Gasteiger partial charge in [0.2, 0.25) is 0 Å². The van der Waals surface area contributed by atoms with Gasteiger partial charge in [-0.1, -0.05) is 30.3 Å². The van der Waals surface area contributed by atoms with Gasteiger partial charge < -0.3 is 5.32 Å². The van der Waals surface area contributed by atoms with Crippen LogP contribution in [0.25, 0.3) is 27.3 Å². The summed E-state index contributed by atoms with van der Waals surface area (Å²) in [6.07, 6.45) is 4.10. The fourth-order valence-electron chi connectivity index (χ4n) is 4.47. The topological polar surface area (TPSA) is 66.7 Å². The van der Waals surface area contributed by atoms with E-state index in [1.54, 1.807) is 18.3 Å².